The average molecular weight is 417 g/mol. The molecule has 0 aliphatic carbocycles. The SMILES string of the molecule is CCOC(=O)c1ccc(C#Cc2ccc3c(c2)C(SC)(SC)CCO3)cc1F. The first-order valence-electron chi connectivity index (χ1n) is 8.89. The zero-order chi connectivity index (χ0) is 20.1. The van der Waals surface area contributed by atoms with Crippen LogP contribution >= 0.6 is 23.5 Å². The quantitative estimate of drug-likeness (QED) is 0.395. The number of hydrogen-bond donors (Lipinski definition) is 0. The molecule has 0 aromatic heterocycles. The van der Waals surface area contributed by atoms with Gasteiger partial charge in [-0.25, -0.2) is 9.18 Å². The van der Waals surface area contributed by atoms with E-state index in [2.05, 4.69) is 30.4 Å². The number of carbonyl (C=O) groups is 1. The van der Waals surface area contributed by atoms with Crippen LogP contribution in [0.3, 0.4) is 0 Å². The summed E-state index contributed by atoms with van der Waals surface area (Å²) in [6.07, 6.45) is 5.15. The van der Waals surface area contributed by atoms with Crippen LogP contribution in [-0.2, 0) is 8.82 Å². The van der Waals surface area contributed by atoms with E-state index in [9.17, 15) is 9.18 Å². The molecular weight excluding hydrogens is 395 g/mol. The average Bonchev–Trinajstić information content (AvgIpc) is 2.71. The Bertz CT molecular complexity index is 943. The van der Waals surface area contributed by atoms with Crippen LogP contribution in [0.2, 0.25) is 0 Å². The molecule has 3 rings (SSSR count). The molecule has 146 valence electrons. The fourth-order valence-electron chi connectivity index (χ4n) is 3.08. The molecule has 0 atom stereocenters. The van der Waals surface area contributed by atoms with Gasteiger partial charge in [0.15, 0.2) is 0 Å². The number of benzene rings is 2. The van der Waals surface area contributed by atoms with Crippen LogP contribution in [-0.4, -0.2) is 31.7 Å². The number of thioether (sulfide) groups is 2. The van der Waals surface area contributed by atoms with Crippen molar-refractivity contribution in [3.8, 4) is 17.6 Å². The van der Waals surface area contributed by atoms with Gasteiger partial charge in [-0.3, -0.25) is 0 Å². The van der Waals surface area contributed by atoms with E-state index in [0.717, 1.165) is 23.3 Å². The van der Waals surface area contributed by atoms with Crippen LogP contribution < -0.4 is 4.74 Å². The number of ether oxygens (including phenoxy) is 2. The minimum atomic E-state index is -0.667. The van der Waals surface area contributed by atoms with Gasteiger partial charge in [0.2, 0.25) is 0 Å². The lowest BCUT2D eigenvalue weighted by Gasteiger charge is -2.36. The van der Waals surface area contributed by atoms with Crippen molar-refractivity contribution in [1.29, 1.82) is 0 Å². The van der Waals surface area contributed by atoms with Crippen LogP contribution in [0.15, 0.2) is 36.4 Å². The van der Waals surface area contributed by atoms with Gasteiger partial charge in [-0.1, -0.05) is 11.8 Å². The van der Waals surface area contributed by atoms with Gasteiger partial charge >= 0.3 is 5.97 Å². The second-order valence-electron chi connectivity index (χ2n) is 6.14. The Morgan fingerprint density at radius 2 is 1.86 bits per heavy atom. The molecule has 1 aliphatic rings. The van der Waals surface area contributed by atoms with Gasteiger partial charge < -0.3 is 9.47 Å². The van der Waals surface area contributed by atoms with Crippen LogP contribution in [0.4, 0.5) is 4.39 Å². The van der Waals surface area contributed by atoms with Crippen molar-refractivity contribution in [1.82, 2.24) is 0 Å². The van der Waals surface area contributed by atoms with Crippen molar-refractivity contribution in [2.45, 2.75) is 17.4 Å². The monoisotopic (exact) mass is 416 g/mol. The molecule has 2 aromatic rings. The molecule has 28 heavy (non-hydrogen) atoms. The lowest BCUT2D eigenvalue weighted by atomic mass is 10.0. The first kappa shape index (κ1) is 20.6. The molecular formula is C22H21FO3S2. The van der Waals surface area contributed by atoms with E-state index in [1.54, 1.807) is 13.0 Å². The Morgan fingerprint density at radius 3 is 2.50 bits per heavy atom. The first-order valence-corrected chi connectivity index (χ1v) is 11.3. The lowest BCUT2D eigenvalue weighted by Crippen LogP contribution is -2.26. The summed E-state index contributed by atoms with van der Waals surface area (Å²) in [4.78, 5) is 11.7. The minimum Gasteiger partial charge on any atom is -0.493 e. The maximum absolute atomic E-state index is 14.2. The maximum Gasteiger partial charge on any atom is 0.341 e. The summed E-state index contributed by atoms with van der Waals surface area (Å²) in [6, 6.07) is 10.2. The summed E-state index contributed by atoms with van der Waals surface area (Å²) < 4.78 is 24.8. The fraction of sp³-hybridized carbons (Fsp3) is 0.318. The summed E-state index contributed by atoms with van der Waals surface area (Å²) >= 11 is 3.62. The number of esters is 1. The molecule has 3 nitrogen and oxygen atoms in total. The van der Waals surface area contributed by atoms with E-state index in [1.807, 2.05) is 35.7 Å². The molecule has 0 fully saturated rings. The second-order valence-corrected chi connectivity index (χ2v) is 8.60. The van der Waals surface area contributed by atoms with Crippen molar-refractivity contribution in [3.63, 3.8) is 0 Å². The molecule has 0 saturated heterocycles. The van der Waals surface area contributed by atoms with E-state index >= 15 is 0 Å². The molecule has 0 bridgehead atoms. The van der Waals surface area contributed by atoms with Crippen LogP contribution in [0, 0.1) is 17.7 Å². The van der Waals surface area contributed by atoms with E-state index in [1.165, 1.54) is 12.1 Å². The van der Waals surface area contributed by atoms with Gasteiger partial charge in [-0.05, 0) is 55.8 Å². The normalized spacial score (nSPS) is 14.3. The predicted octanol–water partition coefficient (Wildman–Crippen LogP) is 5.06. The number of fused-ring (bicyclic) bond motifs is 1. The smallest absolute Gasteiger partial charge is 0.341 e. The summed E-state index contributed by atoms with van der Waals surface area (Å²) in [7, 11) is 0. The summed E-state index contributed by atoms with van der Waals surface area (Å²) in [5.74, 6) is 5.66. The Balaban J connectivity index is 1.89. The first-order chi connectivity index (χ1) is 13.5. The van der Waals surface area contributed by atoms with Crippen LogP contribution in [0.25, 0.3) is 0 Å². The molecule has 0 amide bonds. The largest absolute Gasteiger partial charge is 0.493 e. The highest BCUT2D eigenvalue weighted by Gasteiger charge is 2.36. The number of halogens is 1. The van der Waals surface area contributed by atoms with Gasteiger partial charge in [0.05, 0.1) is 22.9 Å². The van der Waals surface area contributed by atoms with Gasteiger partial charge in [-0.2, -0.15) is 0 Å². The zero-order valence-electron chi connectivity index (χ0n) is 16.0. The molecule has 0 radical (unpaired) electrons. The number of hydrogen-bond acceptors (Lipinski definition) is 5. The summed E-state index contributed by atoms with van der Waals surface area (Å²) in [5.41, 5.74) is 2.39. The molecule has 1 heterocycles. The minimum absolute atomic E-state index is 0.0430. The molecule has 1 aliphatic heterocycles. The Morgan fingerprint density at radius 1 is 1.18 bits per heavy atom. The van der Waals surface area contributed by atoms with Gasteiger partial charge in [0.1, 0.15) is 11.6 Å². The highest BCUT2D eigenvalue weighted by atomic mass is 32.2. The Labute approximate surface area is 173 Å². The molecule has 6 heteroatoms. The van der Waals surface area contributed by atoms with Crippen LogP contribution in [0.1, 0.15) is 40.4 Å². The van der Waals surface area contributed by atoms with Crippen molar-refractivity contribution >= 4 is 29.5 Å². The third-order valence-electron chi connectivity index (χ3n) is 4.55. The molecule has 0 N–H and O–H groups in total. The fourth-order valence-corrected chi connectivity index (χ4v) is 5.08. The third kappa shape index (κ3) is 4.16. The van der Waals surface area contributed by atoms with Crippen molar-refractivity contribution in [2.24, 2.45) is 0 Å². The Kier molecular flexibility index (Phi) is 6.58. The molecule has 0 unspecified atom stereocenters. The molecule has 0 spiro atoms. The number of rotatable bonds is 4. The van der Waals surface area contributed by atoms with Crippen LogP contribution in [0.5, 0.6) is 5.75 Å². The van der Waals surface area contributed by atoms with Crippen molar-refractivity contribution < 1.29 is 18.7 Å². The van der Waals surface area contributed by atoms with Crippen molar-refractivity contribution in [2.75, 3.05) is 25.7 Å². The van der Waals surface area contributed by atoms with Crippen molar-refractivity contribution in [3.05, 3.63) is 64.5 Å². The summed E-state index contributed by atoms with van der Waals surface area (Å²) in [5, 5.41) is 0. The van der Waals surface area contributed by atoms with E-state index in [0.29, 0.717) is 12.2 Å². The molecule has 0 saturated carbocycles. The Hall–Kier alpha value is -2.10. The summed E-state index contributed by atoms with van der Waals surface area (Å²) in [6.45, 7) is 2.59. The third-order valence-corrected chi connectivity index (χ3v) is 7.72. The maximum atomic E-state index is 14.2. The highest BCUT2D eigenvalue weighted by molar-refractivity contribution is 8.16. The number of carbonyl (C=O) groups excluding carboxylic acids is 1. The van der Waals surface area contributed by atoms with E-state index < -0.39 is 11.8 Å². The molecule has 2 aromatic carbocycles. The predicted molar refractivity (Wildman–Crippen MR) is 114 cm³/mol. The van der Waals surface area contributed by atoms with E-state index in [4.69, 9.17) is 9.47 Å². The standard InChI is InChI=1S/C22H21FO3S2/c1-4-25-21(24)17-9-7-16(14-19(17)23)6-5-15-8-10-20-18(13-15)22(27-2,28-3)11-12-26-20/h7-10,13-14H,4,11-12H2,1-3H3. The van der Waals surface area contributed by atoms with Gasteiger partial charge in [-0.15, -0.1) is 23.5 Å². The van der Waals surface area contributed by atoms with E-state index in [-0.39, 0.29) is 16.2 Å². The van der Waals surface area contributed by atoms with Gasteiger partial charge in [0.25, 0.3) is 0 Å². The lowest BCUT2D eigenvalue weighted by molar-refractivity contribution is 0.0521. The topological polar surface area (TPSA) is 35.5 Å². The zero-order valence-corrected chi connectivity index (χ0v) is 17.6. The highest BCUT2D eigenvalue weighted by Crippen LogP contribution is 2.52. The van der Waals surface area contributed by atoms with Gasteiger partial charge in [0, 0.05) is 23.1 Å². The second kappa shape index (κ2) is 8.93.